The highest BCUT2D eigenvalue weighted by Crippen LogP contribution is 2.22. The molecule has 0 aliphatic heterocycles. The van der Waals surface area contributed by atoms with Crippen molar-refractivity contribution >= 4 is 29.3 Å². The third-order valence-electron chi connectivity index (χ3n) is 5.03. The molecule has 1 aromatic carbocycles. The highest BCUT2D eigenvalue weighted by molar-refractivity contribution is 6.37. The maximum Gasteiger partial charge on any atom is 0.396 e. The van der Waals surface area contributed by atoms with Gasteiger partial charge >= 0.3 is 18.1 Å². The number of hydrogen-bond donors (Lipinski definition) is 2. The van der Waals surface area contributed by atoms with Crippen LogP contribution in [0.4, 0.5) is 18.9 Å². The normalized spacial score (nSPS) is 12.1. The largest absolute Gasteiger partial charge is 0.462 e. The summed E-state index contributed by atoms with van der Waals surface area (Å²) >= 11 is 0. The lowest BCUT2D eigenvalue weighted by molar-refractivity contribution is -0.155. The lowest BCUT2D eigenvalue weighted by Crippen LogP contribution is -2.47. The van der Waals surface area contributed by atoms with E-state index in [9.17, 15) is 37.1 Å². The summed E-state index contributed by atoms with van der Waals surface area (Å²) in [5.41, 5.74) is 0.180. The van der Waals surface area contributed by atoms with Crippen molar-refractivity contribution < 1.29 is 37.1 Å². The molecule has 0 bridgehead atoms. The number of carbonyl (C=O) groups excluding carboxylic acids is 4. The van der Waals surface area contributed by atoms with E-state index in [4.69, 9.17) is 0 Å². The first-order valence-corrected chi connectivity index (χ1v) is 10.9. The zero-order chi connectivity index (χ0) is 27.0. The number of halogens is 3. The van der Waals surface area contributed by atoms with Gasteiger partial charge < -0.3 is 19.9 Å². The minimum absolute atomic E-state index is 0.294. The summed E-state index contributed by atoms with van der Waals surface area (Å²) < 4.78 is 43.3. The third kappa shape index (κ3) is 8.36. The Morgan fingerprint density at radius 3 is 2.25 bits per heavy atom. The number of amides is 2. The van der Waals surface area contributed by atoms with Gasteiger partial charge in [-0.1, -0.05) is 44.2 Å². The van der Waals surface area contributed by atoms with Gasteiger partial charge in [0.25, 0.3) is 5.56 Å². The van der Waals surface area contributed by atoms with Crippen LogP contribution in [0.5, 0.6) is 0 Å². The molecule has 194 valence electrons. The molecule has 0 radical (unpaired) electrons. The van der Waals surface area contributed by atoms with Gasteiger partial charge in [0, 0.05) is 6.20 Å². The lowest BCUT2D eigenvalue weighted by atomic mass is 9.97. The van der Waals surface area contributed by atoms with Crippen LogP contribution >= 0.6 is 0 Å². The van der Waals surface area contributed by atoms with Gasteiger partial charge in [-0.15, -0.1) is 0 Å². The van der Waals surface area contributed by atoms with Gasteiger partial charge in [-0.3, -0.25) is 19.2 Å². The molecule has 1 heterocycles. The number of methoxy groups -OCH3 is 1. The molecule has 0 aliphatic rings. The van der Waals surface area contributed by atoms with Crippen molar-refractivity contribution in [1.82, 2.24) is 9.88 Å². The number of aromatic nitrogens is 1. The van der Waals surface area contributed by atoms with Crippen LogP contribution in [0.2, 0.25) is 0 Å². The number of hydrogen-bond acceptors (Lipinski definition) is 6. The molecule has 2 amide bonds. The summed E-state index contributed by atoms with van der Waals surface area (Å²) in [6.07, 6.45) is -4.79. The smallest absolute Gasteiger partial charge is 0.396 e. The fourth-order valence-electron chi connectivity index (χ4n) is 3.40. The van der Waals surface area contributed by atoms with Crippen LogP contribution in [0.1, 0.15) is 31.4 Å². The number of nitrogens with zero attached hydrogens (tertiary/aromatic N) is 1. The number of esters is 1. The van der Waals surface area contributed by atoms with Crippen LogP contribution in [0.25, 0.3) is 0 Å². The van der Waals surface area contributed by atoms with Crippen LogP contribution in [-0.4, -0.2) is 47.5 Å². The number of carbonyl (C=O) groups is 4. The first kappa shape index (κ1) is 28.3. The van der Waals surface area contributed by atoms with Crippen molar-refractivity contribution in [3.63, 3.8) is 0 Å². The van der Waals surface area contributed by atoms with Gasteiger partial charge in [0.15, 0.2) is 5.78 Å². The summed E-state index contributed by atoms with van der Waals surface area (Å²) in [6.45, 7) is 2.31. The van der Waals surface area contributed by atoms with E-state index in [1.54, 1.807) is 12.1 Å². The molecule has 0 fully saturated rings. The first-order valence-electron chi connectivity index (χ1n) is 10.9. The molecule has 0 saturated heterocycles. The van der Waals surface area contributed by atoms with Gasteiger partial charge in [-0.2, -0.15) is 13.2 Å². The third-order valence-corrected chi connectivity index (χ3v) is 5.03. The van der Waals surface area contributed by atoms with Crippen LogP contribution in [0, 0.1) is 5.92 Å². The molecule has 1 unspecified atom stereocenters. The molecule has 0 saturated carbocycles. The molecule has 1 aromatic heterocycles. The van der Waals surface area contributed by atoms with Gasteiger partial charge in [0.1, 0.15) is 18.7 Å². The highest BCUT2D eigenvalue weighted by atomic mass is 19.4. The van der Waals surface area contributed by atoms with Crippen LogP contribution in [-0.2, 0) is 36.9 Å². The Balaban J connectivity index is 2.35. The van der Waals surface area contributed by atoms with Crippen LogP contribution in [0.3, 0.4) is 0 Å². The molecule has 0 spiro atoms. The van der Waals surface area contributed by atoms with Gasteiger partial charge in [0.2, 0.25) is 5.91 Å². The average Bonchev–Trinajstić information content (AvgIpc) is 2.79. The number of anilines is 1. The zero-order valence-electron chi connectivity index (χ0n) is 19.8. The fourth-order valence-corrected chi connectivity index (χ4v) is 3.40. The van der Waals surface area contributed by atoms with Crippen molar-refractivity contribution in [3.05, 3.63) is 64.1 Å². The Kier molecular flexibility index (Phi) is 9.53. The van der Waals surface area contributed by atoms with Crippen LogP contribution in [0.15, 0.2) is 47.4 Å². The van der Waals surface area contributed by atoms with E-state index < -0.39 is 60.2 Å². The standard InChI is InChI=1S/C24H26F3N3O6/c1-14(2)20(18(31)11-24(25,26)27)29-19(32)13-30-12-16(9-15-7-5-4-6-8-15)10-17(22(30)34)28-21(33)23(35)36-3/h4-8,10,12,14,20H,9,11,13H2,1-3H3,(H,28,33)(H,29,32). The summed E-state index contributed by atoms with van der Waals surface area (Å²) in [7, 11) is 0.988. The molecule has 0 aliphatic carbocycles. The fraction of sp³-hybridized carbons (Fsp3) is 0.375. The summed E-state index contributed by atoms with van der Waals surface area (Å²) in [6, 6.07) is 8.95. The Labute approximate surface area is 204 Å². The molecule has 1 atom stereocenters. The number of Topliss-reactive ketones (excluding diaryl/α,β-unsaturated/α-hetero) is 1. The SMILES string of the molecule is COC(=O)C(=O)Nc1cc(Cc2ccccc2)cn(CC(=O)NC(C(=O)CC(F)(F)F)C(C)C)c1=O. The number of alkyl halides is 3. The predicted octanol–water partition coefficient (Wildman–Crippen LogP) is 2.21. The molecular weight excluding hydrogens is 483 g/mol. The molecule has 2 rings (SSSR count). The molecule has 2 N–H and O–H groups in total. The van der Waals surface area contributed by atoms with Gasteiger partial charge in [0.05, 0.1) is 13.2 Å². The molecule has 2 aromatic rings. The second-order valence-electron chi connectivity index (χ2n) is 8.35. The van der Waals surface area contributed by atoms with Gasteiger partial charge in [-0.25, -0.2) is 4.79 Å². The van der Waals surface area contributed by atoms with Crippen molar-refractivity contribution in [2.45, 2.75) is 45.5 Å². The van der Waals surface area contributed by atoms with E-state index in [2.05, 4.69) is 15.4 Å². The Morgan fingerprint density at radius 1 is 1.06 bits per heavy atom. The summed E-state index contributed by atoms with van der Waals surface area (Å²) in [4.78, 5) is 61.1. The molecule has 36 heavy (non-hydrogen) atoms. The number of rotatable bonds is 9. The Hall–Kier alpha value is -3.96. The first-order chi connectivity index (χ1) is 16.8. The minimum atomic E-state index is -4.73. The molecular formula is C24H26F3N3O6. The second-order valence-corrected chi connectivity index (χ2v) is 8.35. The molecule has 9 nitrogen and oxygen atoms in total. The Bertz CT molecular complexity index is 1180. The van der Waals surface area contributed by atoms with E-state index in [0.29, 0.717) is 12.0 Å². The zero-order valence-corrected chi connectivity index (χ0v) is 19.8. The number of ketones is 1. The Morgan fingerprint density at radius 2 is 1.69 bits per heavy atom. The minimum Gasteiger partial charge on any atom is -0.462 e. The number of nitrogens with one attached hydrogen (secondary N) is 2. The monoisotopic (exact) mass is 509 g/mol. The maximum absolute atomic E-state index is 12.9. The van der Waals surface area contributed by atoms with Crippen LogP contribution < -0.4 is 16.2 Å². The number of ether oxygens (including phenoxy) is 1. The molecule has 12 heteroatoms. The number of pyridine rings is 1. The number of benzene rings is 1. The average molecular weight is 509 g/mol. The topological polar surface area (TPSA) is 124 Å². The van der Waals surface area contributed by atoms with Crippen molar-refractivity contribution in [1.29, 1.82) is 0 Å². The van der Waals surface area contributed by atoms with Crippen molar-refractivity contribution in [2.24, 2.45) is 5.92 Å². The van der Waals surface area contributed by atoms with E-state index in [0.717, 1.165) is 17.2 Å². The van der Waals surface area contributed by atoms with Crippen molar-refractivity contribution in [2.75, 3.05) is 12.4 Å². The summed E-state index contributed by atoms with van der Waals surface area (Å²) in [5.74, 6) is -5.18. The van der Waals surface area contributed by atoms with E-state index in [-0.39, 0.29) is 5.69 Å². The van der Waals surface area contributed by atoms with E-state index in [1.165, 1.54) is 26.1 Å². The predicted molar refractivity (Wildman–Crippen MR) is 123 cm³/mol. The van der Waals surface area contributed by atoms with Crippen molar-refractivity contribution in [3.8, 4) is 0 Å². The summed E-state index contributed by atoms with van der Waals surface area (Å²) in [5, 5.41) is 4.41. The van der Waals surface area contributed by atoms with E-state index >= 15 is 0 Å². The lowest BCUT2D eigenvalue weighted by Gasteiger charge is -2.22. The maximum atomic E-state index is 12.9. The second kappa shape index (κ2) is 12.1. The highest BCUT2D eigenvalue weighted by Gasteiger charge is 2.36. The quantitative estimate of drug-likeness (QED) is 0.395. The van der Waals surface area contributed by atoms with E-state index in [1.807, 2.05) is 18.2 Å². The van der Waals surface area contributed by atoms with Gasteiger partial charge in [-0.05, 0) is 29.5 Å².